The van der Waals surface area contributed by atoms with Crippen molar-refractivity contribution >= 4 is 10.0 Å². The summed E-state index contributed by atoms with van der Waals surface area (Å²) in [5.74, 6) is 0.470. The molecular formula is C16H17F3N4O2S. The molecule has 0 bridgehead atoms. The number of benzene rings is 1. The third-order valence-electron chi connectivity index (χ3n) is 4.84. The van der Waals surface area contributed by atoms with Crippen LogP contribution in [0.1, 0.15) is 42.5 Å². The third kappa shape index (κ3) is 3.23. The first-order chi connectivity index (χ1) is 12.2. The summed E-state index contributed by atoms with van der Waals surface area (Å²) in [5.41, 5.74) is 0.0695. The van der Waals surface area contributed by atoms with Crippen LogP contribution in [0.4, 0.5) is 13.2 Å². The number of aromatic nitrogens is 3. The average Bonchev–Trinajstić information content (AvgIpc) is 3.11. The first-order valence-corrected chi connectivity index (χ1v) is 9.78. The highest BCUT2D eigenvalue weighted by molar-refractivity contribution is 7.89. The second-order valence-corrected chi connectivity index (χ2v) is 8.66. The Balaban J connectivity index is 1.49. The predicted molar refractivity (Wildman–Crippen MR) is 85.9 cm³/mol. The van der Waals surface area contributed by atoms with Crippen LogP contribution >= 0.6 is 0 Å². The Kier molecular flexibility index (Phi) is 4.07. The Labute approximate surface area is 148 Å². The van der Waals surface area contributed by atoms with Crippen LogP contribution in [-0.4, -0.2) is 40.8 Å². The lowest BCUT2D eigenvalue weighted by Gasteiger charge is -2.17. The molecule has 10 heteroatoms. The summed E-state index contributed by atoms with van der Waals surface area (Å²) in [6.07, 6.45) is 0.187. The van der Waals surface area contributed by atoms with Gasteiger partial charge in [0.05, 0.1) is 22.2 Å². The highest BCUT2D eigenvalue weighted by Gasteiger charge is 2.36. The molecular weight excluding hydrogens is 369 g/mol. The van der Waals surface area contributed by atoms with Gasteiger partial charge in [0.15, 0.2) is 0 Å². The van der Waals surface area contributed by atoms with E-state index in [0.29, 0.717) is 18.9 Å². The van der Waals surface area contributed by atoms with Gasteiger partial charge >= 0.3 is 6.18 Å². The summed E-state index contributed by atoms with van der Waals surface area (Å²) < 4.78 is 66.3. The molecule has 26 heavy (non-hydrogen) atoms. The number of hydrogen-bond acceptors (Lipinski definition) is 4. The molecule has 0 amide bonds. The summed E-state index contributed by atoms with van der Waals surface area (Å²) in [5, 5.41) is 8.25. The number of hydrogen-bond donors (Lipinski definition) is 0. The molecule has 1 atom stereocenters. The van der Waals surface area contributed by atoms with E-state index in [1.165, 1.54) is 4.31 Å². The minimum Gasteiger partial charge on any atom is -0.248 e. The predicted octanol–water partition coefficient (Wildman–Crippen LogP) is 2.81. The van der Waals surface area contributed by atoms with E-state index >= 15 is 0 Å². The Morgan fingerprint density at radius 1 is 1.08 bits per heavy atom. The summed E-state index contributed by atoms with van der Waals surface area (Å²) >= 11 is 0. The molecule has 0 radical (unpaired) electrons. The molecule has 0 N–H and O–H groups in total. The minimum atomic E-state index is -4.49. The average molecular weight is 386 g/mol. The molecule has 1 saturated heterocycles. The van der Waals surface area contributed by atoms with Gasteiger partial charge in [-0.15, -0.1) is 5.10 Å². The SMILES string of the molecule is O=S(=O)(c1ccc(C(F)(F)F)cc1)N1CC[C@@H](n2cc(C3CC3)nn2)C1. The third-order valence-corrected chi connectivity index (χ3v) is 6.72. The zero-order valence-electron chi connectivity index (χ0n) is 13.7. The van der Waals surface area contributed by atoms with Crippen molar-refractivity contribution in [2.45, 2.75) is 42.3 Å². The standard InChI is InChI=1S/C16H17F3N4O2S/c17-16(18,19)12-3-5-14(6-4-12)26(24,25)22-8-7-13(9-22)23-10-15(20-21-23)11-1-2-11/h3-6,10-11,13H,1-2,7-9H2/t13-/m1/s1. The van der Waals surface area contributed by atoms with E-state index < -0.39 is 21.8 Å². The lowest BCUT2D eigenvalue weighted by atomic mass is 10.2. The molecule has 1 aromatic carbocycles. The Bertz CT molecular complexity index is 904. The van der Waals surface area contributed by atoms with Gasteiger partial charge in [-0.1, -0.05) is 5.21 Å². The lowest BCUT2D eigenvalue weighted by molar-refractivity contribution is -0.137. The van der Waals surface area contributed by atoms with Crippen molar-refractivity contribution in [1.82, 2.24) is 19.3 Å². The quantitative estimate of drug-likeness (QED) is 0.810. The molecule has 140 valence electrons. The van der Waals surface area contributed by atoms with Crippen LogP contribution < -0.4 is 0 Å². The van der Waals surface area contributed by atoms with Crippen LogP contribution in [0.15, 0.2) is 35.4 Å². The largest absolute Gasteiger partial charge is 0.416 e. The van der Waals surface area contributed by atoms with E-state index in [0.717, 1.165) is 42.8 Å². The van der Waals surface area contributed by atoms with Crippen molar-refractivity contribution in [3.8, 4) is 0 Å². The smallest absolute Gasteiger partial charge is 0.248 e. The fourth-order valence-electron chi connectivity index (χ4n) is 3.14. The summed E-state index contributed by atoms with van der Waals surface area (Å²) in [6, 6.07) is 3.48. The maximum Gasteiger partial charge on any atom is 0.416 e. The molecule has 2 aromatic rings. The molecule has 1 aromatic heterocycles. The monoisotopic (exact) mass is 386 g/mol. The second kappa shape index (κ2) is 6.05. The molecule has 4 rings (SSSR count). The number of halogens is 3. The maximum atomic E-state index is 12.7. The van der Waals surface area contributed by atoms with Gasteiger partial charge in [-0.3, -0.25) is 0 Å². The van der Waals surface area contributed by atoms with E-state index in [4.69, 9.17) is 0 Å². The van der Waals surface area contributed by atoms with Crippen molar-refractivity contribution in [3.63, 3.8) is 0 Å². The van der Waals surface area contributed by atoms with Crippen molar-refractivity contribution in [2.24, 2.45) is 0 Å². The number of sulfonamides is 1. The molecule has 2 aliphatic rings. The highest BCUT2D eigenvalue weighted by Crippen LogP contribution is 2.39. The van der Waals surface area contributed by atoms with E-state index in [2.05, 4.69) is 10.3 Å². The summed E-state index contributed by atoms with van der Waals surface area (Å²) in [4.78, 5) is -0.136. The number of rotatable bonds is 4. The van der Waals surface area contributed by atoms with Gasteiger partial charge in [-0.05, 0) is 43.5 Å². The van der Waals surface area contributed by atoms with Gasteiger partial charge in [0.2, 0.25) is 10.0 Å². The number of nitrogens with zero attached hydrogens (tertiary/aromatic N) is 4. The van der Waals surface area contributed by atoms with Crippen LogP contribution in [-0.2, 0) is 16.2 Å². The van der Waals surface area contributed by atoms with Crippen LogP contribution in [0.25, 0.3) is 0 Å². The van der Waals surface area contributed by atoms with Crippen molar-refractivity contribution < 1.29 is 21.6 Å². The fraction of sp³-hybridized carbons (Fsp3) is 0.500. The van der Waals surface area contributed by atoms with Crippen LogP contribution in [0.2, 0.25) is 0 Å². The van der Waals surface area contributed by atoms with Gasteiger partial charge in [0.25, 0.3) is 0 Å². The van der Waals surface area contributed by atoms with Crippen molar-refractivity contribution in [2.75, 3.05) is 13.1 Å². The van der Waals surface area contributed by atoms with E-state index in [-0.39, 0.29) is 17.5 Å². The van der Waals surface area contributed by atoms with Crippen LogP contribution in [0.3, 0.4) is 0 Å². The topological polar surface area (TPSA) is 68.1 Å². The fourth-order valence-corrected chi connectivity index (χ4v) is 4.64. The summed E-state index contributed by atoms with van der Waals surface area (Å²) in [6.45, 7) is 0.531. The molecule has 1 saturated carbocycles. The zero-order valence-corrected chi connectivity index (χ0v) is 14.5. The maximum absolute atomic E-state index is 12.7. The van der Waals surface area contributed by atoms with Crippen LogP contribution in [0.5, 0.6) is 0 Å². The van der Waals surface area contributed by atoms with Gasteiger partial charge in [-0.25, -0.2) is 13.1 Å². The van der Waals surface area contributed by atoms with Crippen molar-refractivity contribution in [1.29, 1.82) is 0 Å². The molecule has 1 aliphatic heterocycles. The molecule has 2 heterocycles. The van der Waals surface area contributed by atoms with Crippen LogP contribution in [0, 0.1) is 0 Å². The van der Waals surface area contributed by atoms with Gasteiger partial charge < -0.3 is 0 Å². The minimum absolute atomic E-state index is 0.112. The van der Waals surface area contributed by atoms with E-state index in [1.54, 1.807) is 4.68 Å². The molecule has 1 aliphatic carbocycles. The summed E-state index contributed by atoms with van der Waals surface area (Å²) in [7, 11) is -3.83. The Morgan fingerprint density at radius 3 is 2.38 bits per heavy atom. The first kappa shape index (κ1) is 17.5. The Morgan fingerprint density at radius 2 is 1.77 bits per heavy atom. The number of alkyl halides is 3. The first-order valence-electron chi connectivity index (χ1n) is 8.34. The highest BCUT2D eigenvalue weighted by atomic mass is 32.2. The van der Waals surface area contributed by atoms with Gasteiger partial charge in [-0.2, -0.15) is 17.5 Å². The van der Waals surface area contributed by atoms with E-state index in [9.17, 15) is 21.6 Å². The molecule has 6 nitrogen and oxygen atoms in total. The molecule has 0 unspecified atom stereocenters. The zero-order chi connectivity index (χ0) is 18.5. The molecule has 2 fully saturated rings. The molecule has 0 spiro atoms. The second-order valence-electron chi connectivity index (χ2n) is 6.73. The van der Waals surface area contributed by atoms with Gasteiger partial charge in [0.1, 0.15) is 0 Å². The normalized spacial score (nSPS) is 22.0. The lowest BCUT2D eigenvalue weighted by Crippen LogP contribution is -2.29. The van der Waals surface area contributed by atoms with Gasteiger partial charge in [0, 0.05) is 25.2 Å². The van der Waals surface area contributed by atoms with E-state index in [1.807, 2.05) is 6.20 Å². The Hall–Kier alpha value is -1.94. The van der Waals surface area contributed by atoms with Crippen molar-refractivity contribution in [3.05, 3.63) is 41.7 Å².